The van der Waals surface area contributed by atoms with Gasteiger partial charge in [-0.05, 0) is 32.4 Å². The summed E-state index contributed by atoms with van der Waals surface area (Å²) >= 11 is 0. The smallest absolute Gasteiger partial charge is 0.184 e. The van der Waals surface area contributed by atoms with Crippen LogP contribution in [0.4, 0.5) is 0 Å². The van der Waals surface area contributed by atoms with Gasteiger partial charge < -0.3 is 9.64 Å². The third kappa shape index (κ3) is 3.48. The number of ether oxygens (including phenoxy) is 1. The lowest BCUT2D eigenvalue weighted by atomic mass is 10.1. The van der Waals surface area contributed by atoms with Crippen LogP contribution in [0.15, 0.2) is 4.99 Å². The average molecular weight is 224 g/mol. The summed E-state index contributed by atoms with van der Waals surface area (Å²) in [7, 11) is 0. The topological polar surface area (TPSA) is 24.8 Å². The molecule has 2 aliphatic heterocycles. The molecule has 0 spiro atoms. The maximum Gasteiger partial charge on any atom is 0.184 e. The molecule has 0 aromatic rings. The van der Waals surface area contributed by atoms with Crippen molar-refractivity contribution in [3.05, 3.63) is 0 Å². The van der Waals surface area contributed by atoms with Crippen molar-refractivity contribution in [2.75, 3.05) is 26.2 Å². The molecule has 2 aliphatic rings. The molecule has 1 atom stereocenters. The molecule has 2 rings (SSSR count). The predicted molar refractivity (Wildman–Crippen MR) is 67.0 cm³/mol. The Morgan fingerprint density at radius 1 is 1.38 bits per heavy atom. The van der Waals surface area contributed by atoms with Crippen LogP contribution >= 0.6 is 0 Å². The SMILES string of the molecule is CCCC[C@H]1COC(CCN2CCCC2)=N1. The van der Waals surface area contributed by atoms with E-state index in [4.69, 9.17) is 4.74 Å². The van der Waals surface area contributed by atoms with Crippen LogP contribution in [0, 0.1) is 0 Å². The third-order valence-corrected chi connectivity index (χ3v) is 3.50. The molecule has 1 saturated heterocycles. The molecule has 0 aromatic heterocycles. The van der Waals surface area contributed by atoms with Crippen LogP contribution in [0.25, 0.3) is 0 Å². The maximum absolute atomic E-state index is 5.65. The maximum atomic E-state index is 5.65. The standard InChI is InChI=1S/C13H24N2O/c1-2-3-6-12-11-16-13(14-12)7-10-15-8-4-5-9-15/h12H,2-11H2,1H3/t12-/m0/s1. The highest BCUT2D eigenvalue weighted by Crippen LogP contribution is 2.14. The fourth-order valence-corrected chi connectivity index (χ4v) is 2.45. The number of aliphatic imine (C=N–C) groups is 1. The minimum Gasteiger partial charge on any atom is -0.479 e. The highest BCUT2D eigenvalue weighted by Gasteiger charge is 2.19. The van der Waals surface area contributed by atoms with Crippen LogP contribution in [0.3, 0.4) is 0 Å². The number of likely N-dealkylation sites (tertiary alicyclic amines) is 1. The first-order chi connectivity index (χ1) is 7.88. The molecule has 0 amide bonds. The zero-order chi connectivity index (χ0) is 11.2. The van der Waals surface area contributed by atoms with Crippen molar-refractivity contribution in [3.8, 4) is 0 Å². The molecule has 0 radical (unpaired) electrons. The number of nitrogens with zero attached hydrogens (tertiary/aromatic N) is 2. The molecular formula is C13H24N2O. The third-order valence-electron chi connectivity index (χ3n) is 3.50. The second-order valence-corrected chi connectivity index (χ2v) is 4.93. The number of rotatable bonds is 6. The Morgan fingerprint density at radius 2 is 2.19 bits per heavy atom. The van der Waals surface area contributed by atoms with Crippen molar-refractivity contribution >= 4 is 5.90 Å². The fourth-order valence-electron chi connectivity index (χ4n) is 2.45. The first-order valence-electron chi connectivity index (χ1n) is 6.80. The minimum atomic E-state index is 0.452. The van der Waals surface area contributed by atoms with E-state index in [0.29, 0.717) is 6.04 Å². The Labute approximate surface area is 98.9 Å². The molecule has 0 bridgehead atoms. The van der Waals surface area contributed by atoms with Crippen LogP contribution < -0.4 is 0 Å². The molecule has 16 heavy (non-hydrogen) atoms. The number of unbranched alkanes of at least 4 members (excludes halogenated alkanes) is 1. The van der Waals surface area contributed by atoms with Crippen LogP contribution in [0.2, 0.25) is 0 Å². The van der Waals surface area contributed by atoms with Crippen molar-refractivity contribution in [3.63, 3.8) is 0 Å². The van der Waals surface area contributed by atoms with Gasteiger partial charge in [0.15, 0.2) is 5.90 Å². The van der Waals surface area contributed by atoms with Crippen molar-refractivity contribution in [1.29, 1.82) is 0 Å². The molecule has 92 valence electrons. The summed E-state index contributed by atoms with van der Waals surface area (Å²) in [6.45, 7) is 6.74. The van der Waals surface area contributed by atoms with Gasteiger partial charge in [-0.2, -0.15) is 0 Å². The van der Waals surface area contributed by atoms with Gasteiger partial charge in [0.2, 0.25) is 0 Å². The van der Waals surface area contributed by atoms with E-state index in [1.54, 1.807) is 0 Å². The van der Waals surface area contributed by atoms with E-state index in [9.17, 15) is 0 Å². The van der Waals surface area contributed by atoms with Crippen molar-refractivity contribution in [2.24, 2.45) is 4.99 Å². The molecule has 0 saturated carbocycles. The van der Waals surface area contributed by atoms with E-state index in [-0.39, 0.29) is 0 Å². The van der Waals surface area contributed by atoms with Crippen molar-refractivity contribution < 1.29 is 4.74 Å². The molecule has 3 heteroatoms. The molecule has 0 N–H and O–H groups in total. The van der Waals surface area contributed by atoms with E-state index in [2.05, 4.69) is 16.8 Å². The second kappa shape index (κ2) is 6.24. The van der Waals surface area contributed by atoms with Gasteiger partial charge in [0.1, 0.15) is 6.61 Å². The van der Waals surface area contributed by atoms with Gasteiger partial charge >= 0.3 is 0 Å². The first kappa shape index (κ1) is 11.9. The van der Waals surface area contributed by atoms with Crippen LogP contribution in [0.5, 0.6) is 0 Å². The van der Waals surface area contributed by atoms with E-state index in [1.807, 2.05) is 0 Å². The van der Waals surface area contributed by atoms with Gasteiger partial charge in [0, 0.05) is 13.0 Å². The summed E-state index contributed by atoms with van der Waals surface area (Å²) in [6, 6.07) is 0.452. The zero-order valence-corrected chi connectivity index (χ0v) is 10.5. The molecular weight excluding hydrogens is 200 g/mol. The Hall–Kier alpha value is -0.570. The summed E-state index contributed by atoms with van der Waals surface area (Å²) in [5.74, 6) is 1.01. The van der Waals surface area contributed by atoms with Crippen molar-refractivity contribution in [2.45, 2.75) is 51.5 Å². The van der Waals surface area contributed by atoms with Crippen LogP contribution in [-0.2, 0) is 4.74 Å². The summed E-state index contributed by atoms with van der Waals surface area (Å²) in [5.41, 5.74) is 0. The van der Waals surface area contributed by atoms with Crippen LogP contribution in [-0.4, -0.2) is 43.1 Å². The summed E-state index contributed by atoms with van der Waals surface area (Å²) in [6.07, 6.45) is 7.48. The molecule has 1 fully saturated rings. The lowest BCUT2D eigenvalue weighted by Crippen LogP contribution is -2.22. The lowest BCUT2D eigenvalue weighted by molar-refractivity contribution is 0.290. The predicted octanol–water partition coefficient (Wildman–Crippen LogP) is 2.46. The van der Waals surface area contributed by atoms with Crippen LogP contribution in [0.1, 0.15) is 45.4 Å². The monoisotopic (exact) mass is 224 g/mol. The van der Waals surface area contributed by atoms with Gasteiger partial charge in [-0.1, -0.05) is 19.8 Å². The number of hydrogen-bond donors (Lipinski definition) is 0. The Bertz CT molecular complexity index is 234. The van der Waals surface area contributed by atoms with E-state index in [1.165, 1.54) is 45.2 Å². The Balaban J connectivity index is 1.65. The highest BCUT2D eigenvalue weighted by molar-refractivity contribution is 5.77. The number of hydrogen-bond acceptors (Lipinski definition) is 3. The summed E-state index contributed by atoms with van der Waals surface area (Å²) in [4.78, 5) is 7.17. The molecule has 2 heterocycles. The normalized spacial score (nSPS) is 25.8. The molecule has 0 unspecified atom stereocenters. The summed E-state index contributed by atoms with van der Waals surface area (Å²) in [5, 5.41) is 0. The summed E-state index contributed by atoms with van der Waals surface area (Å²) < 4.78 is 5.65. The average Bonchev–Trinajstić information content (AvgIpc) is 2.95. The zero-order valence-electron chi connectivity index (χ0n) is 10.5. The van der Waals surface area contributed by atoms with Gasteiger partial charge in [-0.15, -0.1) is 0 Å². The van der Waals surface area contributed by atoms with Gasteiger partial charge in [-0.25, -0.2) is 4.99 Å². The van der Waals surface area contributed by atoms with E-state index >= 15 is 0 Å². The van der Waals surface area contributed by atoms with Gasteiger partial charge in [0.25, 0.3) is 0 Å². The van der Waals surface area contributed by atoms with E-state index in [0.717, 1.165) is 25.5 Å². The Kier molecular flexibility index (Phi) is 4.64. The van der Waals surface area contributed by atoms with Gasteiger partial charge in [0.05, 0.1) is 6.04 Å². The van der Waals surface area contributed by atoms with Gasteiger partial charge in [-0.3, -0.25) is 0 Å². The van der Waals surface area contributed by atoms with E-state index < -0.39 is 0 Å². The molecule has 3 nitrogen and oxygen atoms in total. The largest absolute Gasteiger partial charge is 0.479 e. The minimum absolute atomic E-state index is 0.452. The van der Waals surface area contributed by atoms with Crippen molar-refractivity contribution in [1.82, 2.24) is 4.90 Å². The Morgan fingerprint density at radius 3 is 2.94 bits per heavy atom. The first-order valence-corrected chi connectivity index (χ1v) is 6.80. The molecule has 0 aliphatic carbocycles. The quantitative estimate of drug-likeness (QED) is 0.692. The molecule has 0 aromatic carbocycles. The highest BCUT2D eigenvalue weighted by atomic mass is 16.5. The lowest BCUT2D eigenvalue weighted by Gasteiger charge is -2.13. The fraction of sp³-hybridized carbons (Fsp3) is 0.923. The second-order valence-electron chi connectivity index (χ2n) is 4.93.